The van der Waals surface area contributed by atoms with Crippen LogP contribution in [-0.4, -0.2) is 104 Å². The van der Waals surface area contributed by atoms with Gasteiger partial charge in [0.25, 0.3) is 5.91 Å². The van der Waals surface area contributed by atoms with E-state index in [-0.39, 0.29) is 68.8 Å². The van der Waals surface area contributed by atoms with E-state index in [1.165, 1.54) is 20.0 Å². The number of hydrogen-bond acceptors (Lipinski definition) is 13. The second kappa shape index (κ2) is 22.7. The van der Waals surface area contributed by atoms with Crippen LogP contribution in [0, 0.1) is 29.6 Å². The van der Waals surface area contributed by atoms with Gasteiger partial charge >= 0.3 is 0 Å². The van der Waals surface area contributed by atoms with Crippen LogP contribution in [0.15, 0.2) is 66.7 Å². The van der Waals surface area contributed by atoms with Gasteiger partial charge in [-0.25, -0.2) is 0 Å². The number of ether oxygens (including phenoxy) is 2. The number of rotatable bonds is 15. The number of nitrogens with zero attached hydrogens (tertiary/aromatic N) is 4. The molecule has 10 N–H and O–H groups in total. The van der Waals surface area contributed by atoms with Gasteiger partial charge in [0, 0.05) is 43.2 Å². The van der Waals surface area contributed by atoms with Crippen molar-refractivity contribution in [2.24, 2.45) is 17.2 Å². The molecule has 18 heteroatoms. The van der Waals surface area contributed by atoms with Gasteiger partial charge in [0.05, 0.1) is 28.6 Å². The van der Waals surface area contributed by atoms with Gasteiger partial charge in [-0.05, 0) is 79.3 Å². The van der Waals surface area contributed by atoms with Crippen LogP contribution in [0.2, 0.25) is 0 Å². The fraction of sp³-hybridized carbons (Fsp3) is 0.388. The summed E-state index contributed by atoms with van der Waals surface area (Å²) in [7, 11) is 1.39. The molecule has 1 aliphatic rings. The van der Waals surface area contributed by atoms with Crippen LogP contribution >= 0.6 is 0 Å². The summed E-state index contributed by atoms with van der Waals surface area (Å²) in [5, 5.41) is 30.0. The molecule has 3 aromatic carbocycles. The molecule has 1 aromatic heterocycles. The number of likely N-dealkylation sites (N-methyl/N-ethyl adjacent to an activating group) is 1. The van der Waals surface area contributed by atoms with Crippen molar-refractivity contribution in [3.8, 4) is 46.0 Å². The Balaban J connectivity index is 1.58. The third-order valence-corrected chi connectivity index (χ3v) is 11.2. The fourth-order valence-corrected chi connectivity index (χ4v) is 7.63. The normalized spacial score (nSPS) is 16.4. The molecule has 18 nitrogen and oxygen atoms in total. The second-order valence-electron chi connectivity index (χ2n) is 17.1. The minimum atomic E-state index is -1.44. The lowest BCUT2D eigenvalue weighted by atomic mass is 9.86. The van der Waals surface area contributed by atoms with E-state index in [0.717, 1.165) is 10.5 Å². The van der Waals surface area contributed by atoms with Crippen LogP contribution < -0.4 is 47.9 Å². The zero-order valence-electron chi connectivity index (χ0n) is 38.7. The highest BCUT2D eigenvalue weighted by Gasteiger charge is 2.36. The summed E-state index contributed by atoms with van der Waals surface area (Å²) in [6.07, 6.45) is -0.0531. The number of nitrogens with one attached hydrogen (secondary N) is 4. The van der Waals surface area contributed by atoms with Crippen LogP contribution in [-0.2, 0) is 31.0 Å². The Kier molecular flexibility index (Phi) is 17.1. The van der Waals surface area contributed by atoms with E-state index in [1.54, 1.807) is 43.3 Å². The third-order valence-electron chi connectivity index (χ3n) is 11.2. The number of hydrogen-bond donors (Lipinski definition) is 7. The smallest absolute Gasteiger partial charge is 0.253 e. The molecule has 5 rings (SSSR count). The van der Waals surface area contributed by atoms with Crippen molar-refractivity contribution in [2.45, 2.75) is 77.0 Å². The first kappa shape index (κ1) is 50.6. The molecule has 1 aliphatic heterocycles. The number of fused-ring (bicyclic) bond motifs is 5. The zero-order chi connectivity index (χ0) is 49.0. The van der Waals surface area contributed by atoms with Crippen molar-refractivity contribution >= 4 is 29.5 Å². The summed E-state index contributed by atoms with van der Waals surface area (Å²) in [5.74, 6) is -2.79. The number of aromatic nitrogens is 1. The molecule has 4 aromatic rings. The summed E-state index contributed by atoms with van der Waals surface area (Å²) in [4.78, 5) is 76.3. The predicted molar refractivity (Wildman–Crippen MR) is 251 cm³/mol. The first-order chi connectivity index (χ1) is 31.9. The Bertz CT molecular complexity index is 2560. The molecule has 0 spiro atoms. The lowest BCUT2D eigenvalue weighted by Crippen LogP contribution is -2.56. The summed E-state index contributed by atoms with van der Waals surface area (Å²) in [6.45, 7) is 9.62. The van der Waals surface area contributed by atoms with Gasteiger partial charge in [-0.3, -0.25) is 29.0 Å². The van der Waals surface area contributed by atoms with Gasteiger partial charge < -0.3 is 52.8 Å². The van der Waals surface area contributed by atoms with E-state index in [4.69, 9.17) is 26.7 Å². The average molecular weight is 914 g/mol. The highest BCUT2D eigenvalue weighted by molar-refractivity contribution is 6.00. The van der Waals surface area contributed by atoms with Crippen molar-refractivity contribution in [2.75, 3.05) is 46.4 Å². The van der Waals surface area contributed by atoms with Crippen molar-refractivity contribution in [1.29, 1.82) is 10.5 Å². The Labute approximate surface area is 390 Å². The number of benzene rings is 3. The molecule has 5 amide bonds. The van der Waals surface area contributed by atoms with Crippen LogP contribution in [0.1, 0.15) is 78.5 Å². The number of carbonyl (C=O) groups excluding carboxylic acids is 5. The maximum atomic E-state index is 14.7. The van der Waals surface area contributed by atoms with Gasteiger partial charge in [0.2, 0.25) is 23.6 Å². The van der Waals surface area contributed by atoms with E-state index in [0.29, 0.717) is 50.7 Å². The van der Waals surface area contributed by atoms with Crippen molar-refractivity contribution in [3.05, 3.63) is 100 Å². The Hall–Kier alpha value is -7.38. The van der Waals surface area contributed by atoms with E-state index >= 15 is 0 Å². The van der Waals surface area contributed by atoms with E-state index in [9.17, 15) is 34.5 Å². The summed E-state index contributed by atoms with van der Waals surface area (Å²) < 4.78 is 12.2. The number of aryl methyl sites for hydroxylation is 1. The van der Waals surface area contributed by atoms with Crippen molar-refractivity contribution in [1.82, 2.24) is 31.2 Å². The largest absolute Gasteiger partial charge is 0.492 e. The topological polar surface area (TPSA) is 294 Å². The summed E-state index contributed by atoms with van der Waals surface area (Å²) in [6, 6.07) is 18.1. The lowest BCUT2D eigenvalue weighted by Gasteiger charge is -2.32. The molecule has 0 saturated heterocycles. The van der Waals surface area contributed by atoms with Crippen LogP contribution in [0.25, 0.3) is 22.4 Å². The minimum absolute atomic E-state index is 0.0103. The van der Waals surface area contributed by atoms with Gasteiger partial charge in [0.15, 0.2) is 0 Å². The van der Waals surface area contributed by atoms with Crippen LogP contribution in [0.4, 0.5) is 0 Å². The summed E-state index contributed by atoms with van der Waals surface area (Å²) in [5.41, 5.74) is 22.1. The Morgan fingerprint density at radius 3 is 2.13 bits per heavy atom. The molecule has 4 unspecified atom stereocenters. The molecule has 4 atom stereocenters. The molecule has 352 valence electrons. The highest BCUT2D eigenvalue weighted by Crippen LogP contribution is 2.40. The molecule has 67 heavy (non-hydrogen) atoms. The molecule has 0 saturated carbocycles. The maximum absolute atomic E-state index is 14.7. The molecular weight excluding hydrogens is 855 g/mol. The number of nitriles is 2. The number of pyridine rings is 1. The standard InChI is InChI=1S/C49H59N11O7/c1-28-35(26-33(27-54)42(56-28)31-8-11-34(12-9-31)49(3,4)5)45(62)58-38(15-16-50)48(65)60(6)43-32-10-14-41(67-22-19-53)37(25-32)36-23-30(7-13-40(36)66-21-18-52)24-39(46(63)55-20-17-51)59-44(61)29(2)57-47(43)64/h7-14,23,25-26,29,38-39,43H,15-16,18-22,24,50,52-53H2,1-6H3,(H,55,63)(H,57,64)(H,58,62)(H,59,61). The second-order valence-corrected chi connectivity index (χ2v) is 17.1. The van der Waals surface area contributed by atoms with Crippen LogP contribution in [0.3, 0.4) is 0 Å². The Morgan fingerprint density at radius 2 is 1.54 bits per heavy atom. The fourth-order valence-electron chi connectivity index (χ4n) is 7.63. The number of carbonyl (C=O) groups is 5. The van der Waals surface area contributed by atoms with Gasteiger partial charge in [-0.15, -0.1) is 0 Å². The molecule has 0 radical (unpaired) electrons. The summed E-state index contributed by atoms with van der Waals surface area (Å²) >= 11 is 0. The SMILES string of the molecule is Cc1nc(-c2ccc(C(C)(C)C)cc2)c(C#N)cc1C(=O)NC(CCN)C(=O)N(C)C1C(=O)NC(C)C(=O)NC(C(=O)NCC#N)Cc2ccc(OCCN)c(c2)-c2cc1ccc2OCCN. The first-order valence-electron chi connectivity index (χ1n) is 21.9. The van der Waals surface area contributed by atoms with Gasteiger partial charge in [-0.1, -0.05) is 57.2 Å². The number of amides is 5. The van der Waals surface area contributed by atoms with Crippen molar-refractivity contribution < 1.29 is 33.4 Å². The Morgan fingerprint density at radius 1 is 0.896 bits per heavy atom. The lowest BCUT2D eigenvalue weighted by molar-refractivity contribution is -0.141. The van der Waals surface area contributed by atoms with Crippen molar-refractivity contribution in [3.63, 3.8) is 0 Å². The maximum Gasteiger partial charge on any atom is 0.253 e. The molecular formula is C49H59N11O7. The van der Waals surface area contributed by atoms with E-state index in [1.807, 2.05) is 30.3 Å². The van der Waals surface area contributed by atoms with Gasteiger partial charge in [0.1, 0.15) is 61.5 Å². The molecule has 0 fully saturated rings. The minimum Gasteiger partial charge on any atom is -0.492 e. The average Bonchev–Trinajstić information content (AvgIpc) is 3.30. The highest BCUT2D eigenvalue weighted by atomic mass is 16.5. The van der Waals surface area contributed by atoms with Gasteiger partial charge in [-0.2, -0.15) is 10.5 Å². The quantitative estimate of drug-likeness (QED) is 0.0845. The number of nitrogens with two attached hydrogens (primary N) is 3. The molecule has 0 aliphatic carbocycles. The zero-order valence-corrected chi connectivity index (χ0v) is 38.7. The molecule has 2 heterocycles. The first-order valence-corrected chi connectivity index (χ1v) is 21.9. The molecule has 4 bridgehead atoms. The van der Waals surface area contributed by atoms with E-state index < -0.39 is 53.7 Å². The third kappa shape index (κ3) is 12.3. The predicted octanol–water partition coefficient (Wildman–Crippen LogP) is 2.40. The van der Waals surface area contributed by atoms with E-state index in [2.05, 4.69) is 53.1 Å². The monoisotopic (exact) mass is 913 g/mol. The van der Waals surface area contributed by atoms with Crippen LogP contribution in [0.5, 0.6) is 11.5 Å².